The van der Waals surface area contributed by atoms with Crippen LogP contribution in [0.25, 0.3) is 66.6 Å². The Balaban J connectivity index is 1.33. The molecule has 0 N–H and O–H groups in total. The summed E-state index contributed by atoms with van der Waals surface area (Å²) in [6.45, 7) is 3.16. The molecule has 2 aromatic heterocycles. The van der Waals surface area contributed by atoms with Gasteiger partial charge in [-0.1, -0.05) is 110 Å². The first-order chi connectivity index (χ1) is 21.8. The van der Waals surface area contributed by atoms with E-state index in [9.17, 15) is 0 Å². The van der Waals surface area contributed by atoms with Crippen LogP contribution >= 0.6 is 0 Å². The van der Waals surface area contributed by atoms with E-state index in [1.54, 1.807) is 0 Å². The number of nitrogens with zero attached hydrogens (tertiary/aromatic N) is 2. The standard InChI is InChI=1S/C41H28N2O/c1-2-23-43-36-17-9-8-16-35(36)42-40(43)25-19-20-27-26-11-3-6-14-31(26)41(34(27)24-25)32-15-7-4-13-30(32)38-33(41)22-21-29-28-12-5-10-18-37(28)44-39(29)38/h3-22,24H,2,23H2,1H3. The van der Waals surface area contributed by atoms with Crippen molar-refractivity contribution in [2.75, 3.05) is 0 Å². The van der Waals surface area contributed by atoms with Crippen LogP contribution in [0.5, 0.6) is 0 Å². The normalized spacial score (nSPS) is 16.1. The smallest absolute Gasteiger partial charge is 0.143 e. The van der Waals surface area contributed by atoms with Gasteiger partial charge >= 0.3 is 0 Å². The lowest BCUT2D eigenvalue weighted by molar-refractivity contribution is 0.669. The first kappa shape index (κ1) is 24.1. The molecule has 3 heteroatoms. The predicted octanol–water partition coefficient (Wildman–Crippen LogP) is 10.4. The predicted molar refractivity (Wildman–Crippen MR) is 179 cm³/mol. The molecule has 1 atom stereocenters. The molecule has 0 aliphatic heterocycles. The van der Waals surface area contributed by atoms with Crippen LogP contribution < -0.4 is 0 Å². The Morgan fingerprint density at radius 3 is 2.25 bits per heavy atom. The molecule has 0 radical (unpaired) electrons. The maximum atomic E-state index is 6.69. The molecule has 3 nitrogen and oxygen atoms in total. The van der Waals surface area contributed by atoms with E-state index in [4.69, 9.17) is 9.40 Å². The zero-order valence-corrected chi connectivity index (χ0v) is 24.3. The summed E-state index contributed by atoms with van der Waals surface area (Å²) in [6.07, 6.45) is 1.04. The number of imidazole rings is 1. The number of rotatable bonds is 3. The lowest BCUT2D eigenvalue weighted by Crippen LogP contribution is -2.25. The maximum absolute atomic E-state index is 6.69. The van der Waals surface area contributed by atoms with Gasteiger partial charge in [0.15, 0.2) is 0 Å². The fourth-order valence-electron chi connectivity index (χ4n) is 8.29. The van der Waals surface area contributed by atoms with Crippen LogP contribution in [0.1, 0.15) is 35.6 Å². The van der Waals surface area contributed by atoms with Crippen molar-refractivity contribution >= 4 is 33.0 Å². The van der Waals surface area contributed by atoms with E-state index in [1.807, 2.05) is 0 Å². The summed E-state index contributed by atoms with van der Waals surface area (Å²) in [6, 6.07) is 46.5. The number of hydrogen-bond acceptors (Lipinski definition) is 2. The molecule has 1 spiro atoms. The van der Waals surface area contributed by atoms with E-state index in [1.165, 1.54) is 55.4 Å². The summed E-state index contributed by atoms with van der Waals surface area (Å²) in [5.41, 5.74) is 15.1. The second-order valence-electron chi connectivity index (χ2n) is 12.1. The largest absolute Gasteiger partial charge is 0.455 e. The van der Waals surface area contributed by atoms with Crippen LogP contribution in [0.4, 0.5) is 0 Å². The van der Waals surface area contributed by atoms with Crippen molar-refractivity contribution in [2.45, 2.75) is 25.3 Å². The van der Waals surface area contributed by atoms with E-state index in [0.717, 1.165) is 46.4 Å². The first-order valence-electron chi connectivity index (χ1n) is 15.5. The molecule has 44 heavy (non-hydrogen) atoms. The summed E-state index contributed by atoms with van der Waals surface area (Å²) in [5, 5.41) is 2.33. The fourth-order valence-corrected chi connectivity index (χ4v) is 8.29. The van der Waals surface area contributed by atoms with Crippen molar-refractivity contribution in [1.29, 1.82) is 0 Å². The van der Waals surface area contributed by atoms with Gasteiger partial charge in [0.25, 0.3) is 0 Å². The van der Waals surface area contributed by atoms with E-state index >= 15 is 0 Å². The van der Waals surface area contributed by atoms with Gasteiger partial charge in [-0.05, 0) is 69.6 Å². The van der Waals surface area contributed by atoms with Gasteiger partial charge in [-0.2, -0.15) is 0 Å². The fraction of sp³-hybridized carbons (Fsp3) is 0.0976. The van der Waals surface area contributed by atoms with Gasteiger partial charge in [0.2, 0.25) is 0 Å². The molecule has 10 rings (SSSR count). The summed E-state index contributed by atoms with van der Waals surface area (Å²) >= 11 is 0. The van der Waals surface area contributed by atoms with Crippen LogP contribution in [0.2, 0.25) is 0 Å². The van der Waals surface area contributed by atoms with Crippen LogP contribution in [0.3, 0.4) is 0 Å². The van der Waals surface area contributed by atoms with Crippen LogP contribution in [-0.4, -0.2) is 9.55 Å². The van der Waals surface area contributed by atoms with Crippen LogP contribution in [0.15, 0.2) is 132 Å². The highest BCUT2D eigenvalue weighted by atomic mass is 16.3. The maximum Gasteiger partial charge on any atom is 0.143 e. The summed E-state index contributed by atoms with van der Waals surface area (Å²) in [5.74, 6) is 1.03. The highest BCUT2D eigenvalue weighted by Gasteiger charge is 2.52. The van der Waals surface area contributed by atoms with Crippen molar-refractivity contribution in [3.63, 3.8) is 0 Å². The minimum Gasteiger partial charge on any atom is -0.455 e. The zero-order valence-electron chi connectivity index (χ0n) is 24.3. The minimum absolute atomic E-state index is 0.456. The third kappa shape index (κ3) is 2.85. The Labute approximate surface area is 255 Å². The number of aromatic nitrogens is 2. The van der Waals surface area contributed by atoms with Crippen LogP contribution in [0, 0.1) is 0 Å². The van der Waals surface area contributed by atoms with E-state index in [2.05, 4.69) is 139 Å². The number of benzene rings is 6. The molecule has 208 valence electrons. The molecule has 0 saturated heterocycles. The quantitative estimate of drug-likeness (QED) is 0.214. The Morgan fingerprint density at radius 1 is 0.636 bits per heavy atom. The van der Waals surface area contributed by atoms with Gasteiger partial charge in [0.1, 0.15) is 17.0 Å². The minimum atomic E-state index is -0.456. The average molecular weight is 565 g/mol. The van der Waals surface area contributed by atoms with Crippen molar-refractivity contribution in [3.05, 3.63) is 150 Å². The number of fused-ring (bicyclic) bond motifs is 15. The van der Waals surface area contributed by atoms with Gasteiger partial charge in [0.05, 0.1) is 16.4 Å². The molecule has 0 amide bonds. The Bertz CT molecular complexity index is 2480. The van der Waals surface area contributed by atoms with Crippen molar-refractivity contribution in [1.82, 2.24) is 9.55 Å². The Hall–Kier alpha value is -5.41. The van der Waals surface area contributed by atoms with Gasteiger partial charge in [0, 0.05) is 28.4 Å². The van der Waals surface area contributed by atoms with E-state index in [-0.39, 0.29) is 0 Å². The third-order valence-electron chi connectivity index (χ3n) is 9.96. The lowest BCUT2D eigenvalue weighted by Gasteiger charge is -2.30. The molecule has 0 bridgehead atoms. The van der Waals surface area contributed by atoms with Crippen molar-refractivity contribution in [3.8, 4) is 33.6 Å². The molecular weight excluding hydrogens is 536 g/mol. The topological polar surface area (TPSA) is 31.0 Å². The molecule has 2 aliphatic rings. The van der Waals surface area contributed by atoms with Gasteiger partial charge in [-0.15, -0.1) is 0 Å². The van der Waals surface area contributed by atoms with E-state index in [0.29, 0.717) is 0 Å². The molecule has 2 aliphatic carbocycles. The second-order valence-corrected chi connectivity index (χ2v) is 12.1. The van der Waals surface area contributed by atoms with Gasteiger partial charge in [-0.25, -0.2) is 4.98 Å². The summed E-state index contributed by atoms with van der Waals surface area (Å²) < 4.78 is 9.08. The SMILES string of the molecule is CCCn1c(-c2ccc3c(c2)C2(c4ccccc4-3)c3ccccc3-c3c2ccc2c3oc3ccccc32)nc2ccccc21. The highest BCUT2D eigenvalue weighted by Crippen LogP contribution is 2.64. The summed E-state index contributed by atoms with van der Waals surface area (Å²) in [7, 11) is 0. The Morgan fingerprint density at radius 2 is 1.36 bits per heavy atom. The molecule has 8 aromatic rings. The molecule has 6 aromatic carbocycles. The number of aryl methyl sites for hydroxylation is 1. The van der Waals surface area contributed by atoms with Gasteiger partial charge < -0.3 is 8.98 Å². The summed E-state index contributed by atoms with van der Waals surface area (Å²) in [4.78, 5) is 5.19. The first-order valence-corrected chi connectivity index (χ1v) is 15.5. The molecule has 1 unspecified atom stereocenters. The third-order valence-corrected chi connectivity index (χ3v) is 9.96. The molecular formula is C41H28N2O. The monoisotopic (exact) mass is 564 g/mol. The molecule has 0 fully saturated rings. The van der Waals surface area contributed by atoms with Crippen molar-refractivity contribution in [2.24, 2.45) is 0 Å². The van der Waals surface area contributed by atoms with E-state index < -0.39 is 5.41 Å². The average Bonchev–Trinajstić information content (AvgIpc) is 3.80. The van der Waals surface area contributed by atoms with Crippen molar-refractivity contribution < 1.29 is 4.42 Å². The number of furan rings is 1. The lowest BCUT2D eigenvalue weighted by atomic mass is 9.70. The molecule has 0 saturated carbocycles. The van der Waals surface area contributed by atoms with Gasteiger partial charge in [-0.3, -0.25) is 0 Å². The highest BCUT2D eigenvalue weighted by molar-refractivity contribution is 6.13. The molecule has 2 heterocycles. The number of hydrogen-bond donors (Lipinski definition) is 0. The second kappa shape index (κ2) is 8.58. The zero-order chi connectivity index (χ0) is 29.0. The Kier molecular flexibility index (Phi) is 4.69. The van der Waals surface area contributed by atoms with Crippen LogP contribution in [-0.2, 0) is 12.0 Å². The number of para-hydroxylation sites is 3.